The molecular formula is C16H33N3O. The lowest BCUT2D eigenvalue weighted by atomic mass is 10.2. The summed E-state index contributed by atoms with van der Waals surface area (Å²) in [4.78, 5) is 11.3. The predicted molar refractivity (Wildman–Crippen MR) is 92.6 cm³/mol. The third-order valence-electron chi connectivity index (χ3n) is 1.28. The number of rotatable bonds is 4. The zero-order chi connectivity index (χ0) is 17.0. The molecule has 0 aromatic rings. The van der Waals surface area contributed by atoms with Gasteiger partial charge in [-0.05, 0) is 19.9 Å². The molecule has 0 bridgehead atoms. The minimum Gasteiger partial charge on any atom is -0.386 e. The van der Waals surface area contributed by atoms with E-state index in [-0.39, 0.29) is 5.91 Å². The molecule has 118 valence electrons. The first-order valence-corrected chi connectivity index (χ1v) is 7.17. The second kappa shape index (κ2) is 25.9. The van der Waals surface area contributed by atoms with Crippen molar-refractivity contribution in [2.45, 2.75) is 55.4 Å². The van der Waals surface area contributed by atoms with E-state index in [1.165, 1.54) is 6.08 Å². The van der Waals surface area contributed by atoms with Crippen LogP contribution in [-0.2, 0) is 4.79 Å². The van der Waals surface area contributed by atoms with Gasteiger partial charge in [-0.3, -0.25) is 4.79 Å². The fraction of sp³-hybridized carbons (Fsp3) is 0.500. The number of carbonyl (C=O) groups is 1. The van der Waals surface area contributed by atoms with Crippen molar-refractivity contribution in [1.29, 1.82) is 0 Å². The van der Waals surface area contributed by atoms with E-state index in [2.05, 4.69) is 17.1 Å². The van der Waals surface area contributed by atoms with Gasteiger partial charge in [0.1, 0.15) is 5.84 Å². The summed E-state index contributed by atoms with van der Waals surface area (Å²) < 4.78 is 0. The van der Waals surface area contributed by atoms with E-state index in [9.17, 15) is 4.79 Å². The highest BCUT2D eigenvalue weighted by atomic mass is 16.2. The second-order valence-corrected chi connectivity index (χ2v) is 2.55. The van der Waals surface area contributed by atoms with Gasteiger partial charge in [0.05, 0.1) is 0 Å². The third kappa shape index (κ3) is 21.4. The van der Waals surface area contributed by atoms with E-state index in [4.69, 9.17) is 5.73 Å². The summed E-state index contributed by atoms with van der Waals surface area (Å²) in [5.74, 6) is -0.0318. The quantitative estimate of drug-likeness (QED) is 0.267. The largest absolute Gasteiger partial charge is 0.386 e. The number of hydrogen-bond donors (Lipinski definition) is 2. The number of amidine groups is 1. The average Bonchev–Trinajstić information content (AvgIpc) is 2.52. The van der Waals surface area contributed by atoms with Gasteiger partial charge in [0.2, 0.25) is 0 Å². The summed E-state index contributed by atoms with van der Waals surface area (Å²) >= 11 is 0. The van der Waals surface area contributed by atoms with Crippen LogP contribution in [0.3, 0.4) is 0 Å². The van der Waals surface area contributed by atoms with Crippen LogP contribution >= 0.6 is 0 Å². The van der Waals surface area contributed by atoms with Crippen LogP contribution in [0.5, 0.6) is 0 Å². The SMILES string of the molecule is C=C/C(=C\C=C/C)C(=O)N/N=C(/C)N.CC.CC.CC. The molecule has 0 aromatic heterocycles. The van der Waals surface area contributed by atoms with Crippen molar-refractivity contribution in [3.8, 4) is 0 Å². The Hall–Kier alpha value is -1.84. The lowest BCUT2D eigenvalue weighted by Crippen LogP contribution is -2.22. The molecule has 0 saturated heterocycles. The summed E-state index contributed by atoms with van der Waals surface area (Å²) in [5.41, 5.74) is 7.99. The van der Waals surface area contributed by atoms with Crippen LogP contribution in [0.2, 0.25) is 0 Å². The highest BCUT2D eigenvalue weighted by Gasteiger charge is 2.02. The lowest BCUT2D eigenvalue weighted by Gasteiger charge is -1.99. The maximum Gasteiger partial charge on any atom is 0.271 e. The number of allylic oxidation sites excluding steroid dienone is 3. The van der Waals surface area contributed by atoms with Crippen LogP contribution in [-0.4, -0.2) is 11.7 Å². The minimum absolute atomic E-state index is 0.299. The smallest absolute Gasteiger partial charge is 0.271 e. The molecule has 20 heavy (non-hydrogen) atoms. The molecule has 0 heterocycles. The normalized spacial score (nSPS) is 10.0. The monoisotopic (exact) mass is 283 g/mol. The number of amides is 1. The van der Waals surface area contributed by atoms with Crippen molar-refractivity contribution < 1.29 is 4.79 Å². The van der Waals surface area contributed by atoms with Gasteiger partial charge in [-0.25, -0.2) is 5.43 Å². The fourth-order valence-corrected chi connectivity index (χ4v) is 0.640. The molecule has 0 spiro atoms. The fourth-order valence-electron chi connectivity index (χ4n) is 0.640. The number of nitrogens with one attached hydrogen (secondary N) is 1. The third-order valence-corrected chi connectivity index (χ3v) is 1.28. The number of nitrogens with two attached hydrogens (primary N) is 1. The van der Waals surface area contributed by atoms with Gasteiger partial charge in [0.25, 0.3) is 5.91 Å². The van der Waals surface area contributed by atoms with Crippen molar-refractivity contribution in [3.05, 3.63) is 36.5 Å². The van der Waals surface area contributed by atoms with Crippen molar-refractivity contribution >= 4 is 11.7 Å². The van der Waals surface area contributed by atoms with Crippen LogP contribution in [0, 0.1) is 0 Å². The van der Waals surface area contributed by atoms with E-state index >= 15 is 0 Å². The van der Waals surface area contributed by atoms with E-state index in [0.29, 0.717) is 11.4 Å². The van der Waals surface area contributed by atoms with Gasteiger partial charge in [-0.15, -0.1) is 0 Å². The van der Waals surface area contributed by atoms with Crippen LogP contribution in [0.15, 0.2) is 41.6 Å². The van der Waals surface area contributed by atoms with Crippen LogP contribution in [0.4, 0.5) is 0 Å². The zero-order valence-corrected chi connectivity index (χ0v) is 14.4. The summed E-state index contributed by atoms with van der Waals surface area (Å²) in [6.07, 6.45) is 6.66. The molecule has 1 amide bonds. The Morgan fingerprint density at radius 3 is 1.90 bits per heavy atom. The predicted octanol–water partition coefficient (Wildman–Crippen LogP) is 4.16. The molecule has 4 heteroatoms. The lowest BCUT2D eigenvalue weighted by molar-refractivity contribution is -0.117. The molecule has 0 rings (SSSR count). The zero-order valence-electron chi connectivity index (χ0n) is 14.4. The molecule has 3 N–H and O–H groups in total. The van der Waals surface area contributed by atoms with Crippen LogP contribution in [0.1, 0.15) is 55.4 Å². The molecule has 0 aliphatic heterocycles. The standard InChI is InChI=1S/C10H15N3O.3C2H6/c1-4-6-7-9(5-2)10(14)13-12-8(3)11;3*1-2/h4-7H,2H2,1,3H3,(H2,11,12)(H,13,14);3*1-2H3/b6-4-,9-7+;;;. The molecule has 4 nitrogen and oxygen atoms in total. The Kier molecular flexibility index (Phi) is 34.5. The summed E-state index contributed by atoms with van der Waals surface area (Å²) in [6.45, 7) is 19.0. The minimum atomic E-state index is -0.331. The first kappa shape index (κ1) is 26.7. The van der Waals surface area contributed by atoms with Gasteiger partial charge < -0.3 is 5.73 Å². The Bertz CT molecular complexity index is 299. The maximum atomic E-state index is 11.3. The molecule has 0 fully saturated rings. The van der Waals surface area contributed by atoms with Crippen molar-refractivity contribution in [3.63, 3.8) is 0 Å². The molecule has 0 aliphatic rings. The summed E-state index contributed by atoms with van der Waals surface area (Å²) in [6, 6.07) is 0. The molecule has 0 unspecified atom stereocenters. The van der Waals surface area contributed by atoms with E-state index < -0.39 is 0 Å². The molecule has 0 atom stereocenters. The Morgan fingerprint density at radius 1 is 1.15 bits per heavy atom. The van der Waals surface area contributed by atoms with Gasteiger partial charge in [-0.2, -0.15) is 5.10 Å². The number of carbonyl (C=O) groups excluding carboxylic acids is 1. The number of hydrogen-bond acceptors (Lipinski definition) is 2. The second-order valence-electron chi connectivity index (χ2n) is 2.55. The number of hydrazone groups is 1. The molecule has 0 aromatic carbocycles. The Labute approximate surface area is 125 Å². The van der Waals surface area contributed by atoms with E-state index in [0.717, 1.165) is 0 Å². The highest BCUT2D eigenvalue weighted by molar-refractivity contribution is 5.96. The van der Waals surface area contributed by atoms with Gasteiger partial charge in [0.15, 0.2) is 0 Å². The first-order valence-electron chi connectivity index (χ1n) is 7.17. The van der Waals surface area contributed by atoms with Crippen molar-refractivity contribution in [2.24, 2.45) is 10.8 Å². The Morgan fingerprint density at radius 2 is 1.60 bits per heavy atom. The molecular weight excluding hydrogens is 250 g/mol. The van der Waals surface area contributed by atoms with Crippen LogP contribution in [0.25, 0.3) is 0 Å². The van der Waals surface area contributed by atoms with Crippen molar-refractivity contribution in [2.75, 3.05) is 0 Å². The maximum absolute atomic E-state index is 11.3. The average molecular weight is 283 g/mol. The first-order chi connectivity index (χ1) is 9.61. The molecule has 0 saturated carbocycles. The van der Waals surface area contributed by atoms with Gasteiger partial charge in [-0.1, -0.05) is 66.3 Å². The summed E-state index contributed by atoms with van der Waals surface area (Å²) in [5, 5.41) is 3.58. The van der Waals surface area contributed by atoms with Crippen molar-refractivity contribution in [1.82, 2.24) is 5.43 Å². The van der Waals surface area contributed by atoms with E-state index in [1.807, 2.05) is 54.5 Å². The topological polar surface area (TPSA) is 67.5 Å². The van der Waals surface area contributed by atoms with Gasteiger partial charge in [0, 0.05) is 5.57 Å². The summed E-state index contributed by atoms with van der Waals surface area (Å²) in [7, 11) is 0. The highest BCUT2D eigenvalue weighted by Crippen LogP contribution is 1.96. The van der Waals surface area contributed by atoms with Crippen LogP contribution < -0.4 is 11.2 Å². The Balaban J connectivity index is -0.000000187. The molecule has 0 aliphatic carbocycles. The van der Waals surface area contributed by atoms with Gasteiger partial charge >= 0.3 is 0 Å². The molecule has 0 radical (unpaired) electrons. The number of nitrogens with zero attached hydrogens (tertiary/aromatic N) is 1. The van der Waals surface area contributed by atoms with E-state index in [1.54, 1.807) is 19.1 Å².